The predicted molar refractivity (Wildman–Crippen MR) is 69.5 cm³/mol. The molecule has 0 aliphatic heterocycles. The van der Waals surface area contributed by atoms with Crippen LogP contribution in [0.25, 0.3) is 0 Å². The van der Waals surface area contributed by atoms with Gasteiger partial charge in [0.05, 0.1) is 0 Å². The molecule has 0 bridgehead atoms. The van der Waals surface area contributed by atoms with Gasteiger partial charge in [-0.15, -0.1) is 0 Å². The SMILES string of the molecule is CC(C)Cc1cccc(C(F)(CN)C2CC2)c1. The van der Waals surface area contributed by atoms with E-state index in [1.807, 2.05) is 18.2 Å². The summed E-state index contributed by atoms with van der Waals surface area (Å²) in [5, 5.41) is 0. The lowest BCUT2D eigenvalue weighted by Gasteiger charge is -2.24. The van der Waals surface area contributed by atoms with Crippen molar-refractivity contribution in [3.05, 3.63) is 35.4 Å². The molecule has 1 fully saturated rings. The van der Waals surface area contributed by atoms with Gasteiger partial charge < -0.3 is 5.73 Å². The second-order valence-electron chi connectivity index (χ2n) is 5.64. The number of benzene rings is 1. The molecule has 0 spiro atoms. The van der Waals surface area contributed by atoms with Crippen LogP contribution in [0.1, 0.15) is 37.8 Å². The van der Waals surface area contributed by atoms with Crippen molar-refractivity contribution in [3.8, 4) is 0 Å². The molecule has 0 radical (unpaired) electrons. The molecule has 94 valence electrons. The molecule has 1 atom stereocenters. The van der Waals surface area contributed by atoms with Crippen molar-refractivity contribution in [1.82, 2.24) is 0 Å². The quantitative estimate of drug-likeness (QED) is 0.831. The monoisotopic (exact) mass is 235 g/mol. The molecule has 1 aromatic carbocycles. The van der Waals surface area contributed by atoms with E-state index in [0.717, 1.165) is 24.8 Å². The molecule has 1 aliphatic carbocycles. The second-order valence-corrected chi connectivity index (χ2v) is 5.64. The molecule has 1 aliphatic rings. The summed E-state index contributed by atoms with van der Waals surface area (Å²) in [6.45, 7) is 4.46. The van der Waals surface area contributed by atoms with E-state index >= 15 is 0 Å². The maximum Gasteiger partial charge on any atom is 0.150 e. The Balaban J connectivity index is 2.25. The Hall–Kier alpha value is -0.890. The Labute approximate surface area is 103 Å². The van der Waals surface area contributed by atoms with E-state index < -0.39 is 5.67 Å². The molecular formula is C15H22FN. The minimum absolute atomic E-state index is 0.1000. The smallest absolute Gasteiger partial charge is 0.150 e. The van der Waals surface area contributed by atoms with Gasteiger partial charge in [-0.2, -0.15) is 0 Å². The van der Waals surface area contributed by atoms with E-state index in [4.69, 9.17) is 5.73 Å². The van der Waals surface area contributed by atoms with Crippen LogP contribution in [-0.2, 0) is 12.1 Å². The molecule has 0 amide bonds. The molecular weight excluding hydrogens is 213 g/mol. The topological polar surface area (TPSA) is 26.0 Å². The minimum atomic E-state index is -1.30. The molecule has 2 rings (SSSR count). The lowest BCUT2D eigenvalue weighted by molar-refractivity contribution is 0.143. The number of nitrogens with two attached hydrogens (primary N) is 1. The van der Waals surface area contributed by atoms with Crippen LogP contribution in [0.15, 0.2) is 24.3 Å². The van der Waals surface area contributed by atoms with Gasteiger partial charge in [0, 0.05) is 6.54 Å². The summed E-state index contributed by atoms with van der Waals surface area (Å²) in [6.07, 6.45) is 2.95. The van der Waals surface area contributed by atoms with E-state index in [9.17, 15) is 4.39 Å². The van der Waals surface area contributed by atoms with Gasteiger partial charge in [-0.3, -0.25) is 0 Å². The standard InChI is InChI=1S/C15H22FN/c1-11(2)8-12-4-3-5-14(9-12)15(16,10-17)13-6-7-13/h3-5,9,11,13H,6-8,10,17H2,1-2H3. The average Bonchev–Trinajstić information content (AvgIpc) is 3.11. The van der Waals surface area contributed by atoms with Gasteiger partial charge in [0.15, 0.2) is 5.67 Å². The molecule has 17 heavy (non-hydrogen) atoms. The predicted octanol–water partition coefficient (Wildman–Crippen LogP) is 3.42. The van der Waals surface area contributed by atoms with Crippen LogP contribution in [0.2, 0.25) is 0 Å². The first-order chi connectivity index (χ1) is 8.06. The fourth-order valence-electron chi connectivity index (χ4n) is 2.49. The number of rotatable bonds is 5. The first-order valence-corrected chi connectivity index (χ1v) is 6.54. The summed E-state index contributed by atoms with van der Waals surface area (Å²) >= 11 is 0. The van der Waals surface area contributed by atoms with E-state index in [-0.39, 0.29) is 12.5 Å². The molecule has 2 heteroatoms. The van der Waals surface area contributed by atoms with Crippen LogP contribution >= 0.6 is 0 Å². The maximum atomic E-state index is 14.8. The Kier molecular flexibility index (Phi) is 3.53. The van der Waals surface area contributed by atoms with Gasteiger partial charge >= 0.3 is 0 Å². The molecule has 0 saturated heterocycles. The number of hydrogen-bond donors (Lipinski definition) is 1. The fraction of sp³-hybridized carbons (Fsp3) is 0.600. The second kappa shape index (κ2) is 4.77. The largest absolute Gasteiger partial charge is 0.327 e. The lowest BCUT2D eigenvalue weighted by atomic mass is 9.88. The summed E-state index contributed by atoms with van der Waals surface area (Å²) in [4.78, 5) is 0. The summed E-state index contributed by atoms with van der Waals surface area (Å²) < 4.78 is 14.8. The molecule has 1 unspecified atom stereocenters. The molecule has 0 aromatic heterocycles. The highest BCUT2D eigenvalue weighted by molar-refractivity contribution is 5.31. The van der Waals surface area contributed by atoms with Crippen LogP contribution in [0.3, 0.4) is 0 Å². The maximum absolute atomic E-state index is 14.8. The van der Waals surface area contributed by atoms with E-state index in [1.54, 1.807) is 0 Å². The highest BCUT2D eigenvalue weighted by atomic mass is 19.1. The molecule has 1 aromatic rings. The zero-order valence-electron chi connectivity index (χ0n) is 10.7. The van der Waals surface area contributed by atoms with Crippen molar-refractivity contribution in [3.63, 3.8) is 0 Å². The number of hydrogen-bond acceptors (Lipinski definition) is 1. The van der Waals surface area contributed by atoms with Gasteiger partial charge in [0.25, 0.3) is 0 Å². The summed E-state index contributed by atoms with van der Waals surface area (Å²) in [5.74, 6) is 0.736. The van der Waals surface area contributed by atoms with E-state index in [1.165, 1.54) is 5.56 Å². The van der Waals surface area contributed by atoms with Gasteiger partial charge in [-0.25, -0.2) is 4.39 Å². The van der Waals surface area contributed by atoms with Gasteiger partial charge in [0.1, 0.15) is 0 Å². The Morgan fingerprint density at radius 3 is 2.65 bits per heavy atom. The van der Waals surface area contributed by atoms with Crippen molar-refractivity contribution in [2.75, 3.05) is 6.54 Å². The van der Waals surface area contributed by atoms with Crippen LogP contribution in [0, 0.1) is 11.8 Å². The fourth-order valence-corrected chi connectivity index (χ4v) is 2.49. The van der Waals surface area contributed by atoms with Crippen LogP contribution in [0.5, 0.6) is 0 Å². The third kappa shape index (κ3) is 2.68. The summed E-state index contributed by atoms with van der Waals surface area (Å²) in [5.41, 5.74) is 6.35. The van der Waals surface area contributed by atoms with Crippen LogP contribution in [0.4, 0.5) is 4.39 Å². The molecule has 1 saturated carbocycles. The normalized spacial score (nSPS) is 19.4. The van der Waals surface area contributed by atoms with Crippen molar-refractivity contribution >= 4 is 0 Å². The van der Waals surface area contributed by atoms with Gasteiger partial charge in [-0.1, -0.05) is 38.1 Å². The minimum Gasteiger partial charge on any atom is -0.327 e. The lowest BCUT2D eigenvalue weighted by Crippen LogP contribution is -2.32. The number of alkyl halides is 1. The summed E-state index contributed by atoms with van der Waals surface area (Å²) in [7, 11) is 0. The zero-order valence-corrected chi connectivity index (χ0v) is 10.7. The molecule has 1 nitrogen and oxygen atoms in total. The first-order valence-electron chi connectivity index (χ1n) is 6.54. The molecule has 0 heterocycles. The first kappa shape index (κ1) is 12.6. The third-order valence-corrected chi connectivity index (χ3v) is 3.57. The zero-order chi connectivity index (χ0) is 12.5. The van der Waals surface area contributed by atoms with Crippen LogP contribution < -0.4 is 5.73 Å². The van der Waals surface area contributed by atoms with Crippen molar-refractivity contribution in [1.29, 1.82) is 0 Å². The highest BCUT2D eigenvalue weighted by Crippen LogP contribution is 2.48. The Morgan fingerprint density at radius 1 is 1.41 bits per heavy atom. The highest BCUT2D eigenvalue weighted by Gasteiger charge is 2.46. The molecule has 2 N–H and O–H groups in total. The average molecular weight is 235 g/mol. The third-order valence-electron chi connectivity index (χ3n) is 3.57. The van der Waals surface area contributed by atoms with Crippen LogP contribution in [-0.4, -0.2) is 6.54 Å². The Morgan fingerprint density at radius 2 is 2.12 bits per heavy atom. The Bertz CT molecular complexity index is 384. The number of halogens is 1. The van der Waals surface area contributed by atoms with Crippen molar-refractivity contribution in [2.45, 2.75) is 38.8 Å². The van der Waals surface area contributed by atoms with E-state index in [2.05, 4.69) is 19.9 Å². The van der Waals surface area contributed by atoms with Crippen molar-refractivity contribution < 1.29 is 4.39 Å². The van der Waals surface area contributed by atoms with E-state index in [0.29, 0.717) is 5.92 Å². The summed E-state index contributed by atoms with van der Waals surface area (Å²) in [6, 6.07) is 7.92. The van der Waals surface area contributed by atoms with Gasteiger partial charge in [-0.05, 0) is 42.2 Å². The van der Waals surface area contributed by atoms with Crippen molar-refractivity contribution in [2.24, 2.45) is 17.6 Å². The van der Waals surface area contributed by atoms with Gasteiger partial charge in [0.2, 0.25) is 0 Å².